The average molecular weight is 376 g/mol. The summed E-state index contributed by atoms with van der Waals surface area (Å²) in [5, 5.41) is 8.30. The summed E-state index contributed by atoms with van der Waals surface area (Å²) in [4.78, 5) is 9.02. The summed E-state index contributed by atoms with van der Waals surface area (Å²) in [6, 6.07) is 12.8. The molecule has 0 bridgehead atoms. The summed E-state index contributed by atoms with van der Waals surface area (Å²) in [7, 11) is 0. The minimum Gasteiger partial charge on any atom is -0.355 e. The molecule has 5 heteroatoms. The Balaban J connectivity index is 1.64. The maximum atomic E-state index is 4.61. The first-order valence-corrected chi connectivity index (χ1v) is 10.3. The molecular weight excluding hydrogens is 358 g/mol. The van der Waals surface area contributed by atoms with Crippen LogP contribution >= 0.6 is 22.7 Å². The highest BCUT2D eigenvalue weighted by atomic mass is 32.1. The molecule has 26 heavy (non-hydrogen) atoms. The van der Waals surface area contributed by atoms with Gasteiger partial charge in [-0.1, -0.05) is 13.8 Å². The van der Waals surface area contributed by atoms with Gasteiger partial charge in [0.2, 0.25) is 0 Å². The van der Waals surface area contributed by atoms with E-state index in [-0.39, 0.29) is 0 Å². The van der Waals surface area contributed by atoms with Crippen molar-refractivity contribution in [2.24, 2.45) is 0 Å². The van der Waals surface area contributed by atoms with E-state index in [1.165, 1.54) is 20.3 Å². The summed E-state index contributed by atoms with van der Waals surface area (Å²) >= 11 is 3.47. The molecule has 3 heterocycles. The molecule has 2 aromatic carbocycles. The highest BCUT2D eigenvalue weighted by Gasteiger charge is 2.11. The van der Waals surface area contributed by atoms with Gasteiger partial charge in [0, 0.05) is 27.7 Å². The lowest BCUT2D eigenvalue weighted by Crippen LogP contribution is -1.93. The van der Waals surface area contributed by atoms with Crippen LogP contribution in [0.5, 0.6) is 0 Å². The van der Waals surface area contributed by atoms with Crippen LogP contribution in [0.4, 0.5) is 11.4 Å². The van der Waals surface area contributed by atoms with Gasteiger partial charge in [-0.3, -0.25) is 4.98 Å². The Labute approximate surface area is 159 Å². The van der Waals surface area contributed by atoms with Gasteiger partial charge < -0.3 is 5.32 Å². The molecule has 0 radical (unpaired) electrons. The SMILES string of the molecule is CC(C)c1csc2cc3c(Nc4ccc5scnc5c4)ccnc3cc12. The number of hydrogen-bond donors (Lipinski definition) is 1. The first kappa shape index (κ1) is 15.7. The molecule has 0 aliphatic carbocycles. The minimum absolute atomic E-state index is 0.521. The van der Waals surface area contributed by atoms with Gasteiger partial charge >= 0.3 is 0 Å². The van der Waals surface area contributed by atoms with Crippen LogP contribution in [0, 0.1) is 0 Å². The van der Waals surface area contributed by atoms with E-state index in [0.29, 0.717) is 5.92 Å². The Kier molecular flexibility index (Phi) is 3.65. The second-order valence-electron chi connectivity index (χ2n) is 6.73. The maximum Gasteiger partial charge on any atom is 0.0832 e. The molecule has 0 aliphatic heterocycles. The molecule has 1 N–H and O–H groups in total. The van der Waals surface area contributed by atoms with Crippen LogP contribution in [-0.4, -0.2) is 9.97 Å². The lowest BCUT2D eigenvalue weighted by molar-refractivity contribution is 0.880. The number of thiophene rings is 1. The van der Waals surface area contributed by atoms with Crippen LogP contribution in [0.2, 0.25) is 0 Å². The molecule has 5 rings (SSSR count). The zero-order valence-corrected chi connectivity index (χ0v) is 16.1. The lowest BCUT2D eigenvalue weighted by Gasteiger charge is -2.10. The van der Waals surface area contributed by atoms with Crippen molar-refractivity contribution in [2.75, 3.05) is 5.32 Å². The van der Waals surface area contributed by atoms with Crippen molar-refractivity contribution in [1.82, 2.24) is 9.97 Å². The molecule has 0 amide bonds. The van der Waals surface area contributed by atoms with Gasteiger partial charge in [0.15, 0.2) is 0 Å². The number of nitrogens with zero attached hydrogens (tertiary/aromatic N) is 2. The van der Waals surface area contributed by atoms with E-state index >= 15 is 0 Å². The highest BCUT2D eigenvalue weighted by molar-refractivity contribution is 7.17. The smallest absolute Gasteiger partial charge is 0.0832 e. The summed E-state index contributed by atoms with van der Waals surface area (Å²) in [5.41, 5.74) is 7.46. The van der Waals surface area contributed by atoms with Crippen LogP contribution in [0.15, 0.2) is 53.5 Å². The van der Waals surface area contributed by atoms with Gasteiger partial charge in [0.25, 0.3) is 0 Å². The largest absolute Gasteiger partial charge is 0.355 e. The second-order valence-corrected chi connectivity index (χ2v) is 8.53. The lowest BCUT2D eigenvalue weighted by atomic mass is 10.0. The minimum atomic E-state index is 0.521. The van der Waals surface area contributed by atoms with E-state index < -0.39 is 0 Å². The Bertz CT molecular complexity index is 1250. The first-order valence-electron chi connectivity index (χ1n) is 8.59. The fraction of sp³-hybridized carbons (Fsp3) is 0.143. The summed E-state index contributed by atoms with van der Waals surface area (Å²) in [6.07, 6.45) is 1.87. The van der Waals surface area contributed by atoms with Gasteiger partial charge in [0.05, 0.1) is 21.2 Å². The van der Waals surface area contributed by atoms with Crippen molar-refractivity contribution in [1.29, 1.82) is 0 Å². The maximum absolute atomic E-state index is 4.61. The third kappa shape index (κ3) is 2.55. The van der Waals surface area contributed by atoms with Crippen molar-refractivity contribution >= 4 is 65.3 Å². The predicted octanol–water partition coefficient (Wildman–Crippen LogP) is 6.93. The normalized spacial score (nSPS) is 11.8. The molecule has 0 saturated carbocycles. The monoisotopic (exact) mass is 375 g/mol. The number of nitrogens with one attached hydrogen (secondary N) is 1. The van der Waals surface area contributed by atoms with Gasteiger partial charge in [-0.2, -0.15) is 0 Å². The van der Waals surface area contributed by atoms with Gasteiger partial charge in [-0.15, -0.1) is 22.7 Å². The summed E-state index contributed by atoms with van der Waals surface area (Å²) in [6.45, 7) is 4.48. The van der Waals surface area contributed by atoms with E-state index in [1.807, 2.05) is 29.1 Å². The zero-order valence-electron chi connectivity index (χ0n) is 14.5. The molecular formula is C21H17N3S2. The number of hydrogen-bond acceptors (Lipinski definition) is 5. The van der Waals surface area contributed by atoms with Gasteiger partial charge in [-0.05, 0) is 58.6 Å². The number of pyridine rings is 1. The van der Waals surface area contributed by atoms with Gasteiger partial charge in [-0.25, -0.2) is 4.98 Å². The van der Waals surface area contributed by atoms with Crippen molar-refractivity contribution in [3.05, 3.63) is 59.0 Å². The quantitative estimate of drug-likeness (QED) is 0.372. The van der Waals surface area contributed by atoms with Crippen LogP contribution in [0.1, 0.15) is 25.3 Å². The van der Waals surface area contributed by atoms with E-state index in [4.69, 9.17) is 0 Å². The fourth-order valence-corrected chi connectivity index (χ4v) is 5.14. The molecule has 128 valence electrons. The molecule has 0 atom stereocenters. The van der Waals surface area contributed by atoms with Crippen molar-refractivity contribution in [3.8, 4) is 0 Å². The van der Waals surface area contributed by atoms with Crippen LogP contribution < -0.4 is 5.32 Å². The van der Waals surface area contributed by atoms with Crippen molar-refractivity contribution < 1.29 is 0 Å². The van der Waals surface area contributed by atoms with E-state index in [0.717, 1.165) is 27.8 Å². The standard InChI is InChI=1S/C21H17N3S2/c1-12(2)16-10-25-21-9-15-17(5-6-22-18(15)8-14(16)21)24-13-3-4-20-19(7-13)23-11-26-20/h3-12H,1-2H3,(H,22,24). The third-order valence-electron chi connectivity index (χ3n) is 4.70. The molecule has 0 fully saturated rings. The Morgan fingerprint density at radius 2 is 1.81 bits per heavy atom. The molecule has 0 unspecified atom stereocenters. The third-order valence-corrected chi connectivity index (χ3v) is 6.47. The van der Waals surface area contributed by atoms with Crippen molar-refractivity contribution in [3.63, 3.8) is 0 Å². The fourth-order valence-electron chi connectivity index (χ4n) is 3.33. The predicted molar refractivity (Wildman–Crippen MR) is 114 cm³/mol. The van der Waals surface area contributed by atoms with Gasteiger partial charge in [0.1, 0.15) is 0 Å². The molecule has 0 saturated heterocycles. The number of rotatable bonds is 3. The number of fused-ring (bicyclic) bond motifs is 3. The van der Waals surface area contributed by atoms with Crippen LogP contribution in [0.3, 0.4) is 0 Å². The Hall–Kier alpha value is -2.50. The zero-order chi connectivity index (χ0) is 17.7. The van der Waals surface area contributed by atoms with E-state index in [9.17, 15) is 0 Å². The van der Waals surface area contributed by atoms with Crippen LogP contribution in [-0.2, 0) is 0 Å². The average Bonchev–Trinajstić information content (AvgIpc) is 3.26. The molecule has 0 aliphatic rings. The second kappa shape index (κ2) is 6.04. The number of aromatic nitrogens is 2. The van der Waals surface area contributed by atoms with E-state index in [2.05, 4.69) is 64.8 Å². The number of benzene rings is 2. The van der Waals surface area contributed by atoms with Crippen molar-refractivity contribution in [2.45, 2.75) is 19.8 Å². The first-order chi connectivity index (χ1) is 12.7. The topological polar surface area (TPSA) is 37.8 Å². The van der Waals surface area contributed by atoms with Crippen LogP contribution in [0.25, 0.3) is 31.2 Å². The summed E-state index contributed by atoms with van der Waals surface area (Å²) < 4.78 is 2.52. The highest BCUT2D eigenvalue weighted by Crippen LogP contribution is 2.36. The number of thiazole rings is 1. The Morgan fingerprint density at radius 3 is 2.69 bits per heavy atom. The molecule has 0 spiro atoms. The molecule has 5 aromatic rings. The number of anilines is 2. The molecule has 3 aromatic heterocycles. The molecule has 3 nitrogen and oxygen atoms in total. The summed E-state index contributed by atoms with van der Waals surface area (Å²) in [5.74, 6) is 0.521. The van der Waals surface area contributed by atoms with E-state index in [1.54, 1.807) is 11.3 Å². The Morgan fingerprint density at radius 1 is 0.885 bits per heavy atom.